The zero-order valence-electron chi connectivity index (χ0n) is 14.8. The normalized spacial score (nSPS) is 11.8. The van der Waals surface area contributed by atoms with E-state index >= 15 is 0 Å². The summed E-state index contributed by atoms with van der Waals surface area (Å²) in [5.74, 6) is 1.32. The molecule has 0 saturated carbocycles. The Hall–Kier alpha value is -3.06. The third-order valence-electron chi connectivity index (χ3n) is 4.88. The summed E-state index contributed by atoms with van der Waals surface area (Å²) < 4.78 is 7.47. The molecule has 0 bridgehead atoms. The van der Waals surface area contributed by atoms with Crippen LogP contribution in [-0.4, -0.2) is 19.6 Å². The number of hydrogen-bond donors (Lipinski definition) is 1. The molecule has 3 heterocycles. The number of hydrogen-bond acceptors (Lipinski definition) is 5. The summed E-state index contributed by atoms with van der Waals surface area (Å²) in [6, 6.07) is 13.6. The second kappa shape index (κ2) is 5.99. The molecule has 27 heavy (non-hydrogen) atoms. The van der Waals surface area contributed by atoms with E-state index in [1.165, 1.54) is 0 Å². The van der Waals surface area contributed by atoms with Gasteiger partial charge in [-0.1, -0.05) is 36.0 Å². The number of fused-ring (bicyclic) bond motifs is 4. The number of rotatable bonds is 3. The zero-order valence-corrected chi connectivity index (χ0v) is 15.6. The molecule has 0 saturated heterocycles. The lowest BCUT2D eigenvalue weighted by Crippen LogP contribution is -2.01. The van der Waals surface area contributed by atoms with Gasteiger partial charge in [-0.05, 0) is 42.7 Å². The molecular formula is C20H16N4O2S. The van der Waals surface area contributed by atoms with Gasteiger partial charge in [0.15, 0.2) is 5.16 Å². The van der Waals surface area contributed by atoms with Gasteiger partial charge < -0.3 is 4.42 Å². The van der Waals surface area contributed by atoms with Crippen LogP contribution in [0, 0.1) is 13.8 Å². The molecule has 0 unspecified atom stereocenters. The monoisotopic (exact) mass is 376 g/mol. The summed E-state index contributed by atoms with van der Waals surface area (Å²) in [6.45, 7) is 3.99. The Balaban J connectivity index is 1.58. The lowest BCUT2D eigenvalue weighted by molar-refractivity contribution is 0.557. The van der Waals surface area contributed by atoms with Crippen LogP contribution in [0.1, 0.15) is 16.7 Å². The van der Waals surface area contributed by atoms with E-state index in [0.717, 1.165) is 38.3 Å². The standard InChI is InChI=1S/C20H16N4O2S/c1-11-7-8-14-13(9-17(25)26-18(14)12(11)2)10-27-20-23-22-19-21-15-5-3-4-6-16(15)24(19)20/h3-9H,10H2,1-2H3,(H,21,22). The largest absolute Gasteiger partial charge is 0.422 e. The predicted octanol–water partition coefficient (Wildman–Crippen LogP) is 4.23. The zero-order chi connectivity index (χ0) is 18.5. The highest BCUT2D eigenvalue weighted by Crippen LogP contribution is 2.29. The van der Waals surface area contributed by atoms with E-state index in [0.29, 0.717) is 17.1 Å². The summed E-state index contributed by atoms with van der Waals surface area (Å²) >= 11 is 1.56. The van der Waals surface area contributed by atoms with Crippen molar-refractivity contribution in [3.05, 3.63) is 69.6 Å². The first-order chi connectivity index (χ1) is 13.1. The van der Waals surface area contributed by atoms with Gasteiger partial charge in [-0.3, -0.25) is 4.40 Å². The summed E-state index contributed by atoms with van der Waals surface area (Å²) in [6.07, 6.45) is 0. The Bertz CT molecular complexity index is 1380. The van der Waals surface area contributed by atoms with Crippen LogP contribution < -0.4 is 5.63 Å². The number of aryl methyl sites for hydroxylation is 2. The first-order valence-corrected chi connectivity index (χ1v) is 9.57. The molecule has 0 amide bonds. The van der Waals surface area contributed by atoms with Crippen molar-refractivity contribution in [2.75, 3.05) is 0 Å². The van der Waals surface area contributed by atoms with E-state index in [1.54, 1.807) is 17.8 Å². The molecule has 134 valence electrons. The quantitative estimate of drug-likeness (QED) is 0.377. The fourth-order valence-electron chi connectivity index (χ4n) is 3.33. The molecule has 0 aliphatic carbocycles. The van der Waals surface area contributed by atoms with Crippen LogP contribution in [-0.2, 0) is 5.75 Å². The van der Waals surface area contributed by atoms with Crippen LogP contribution in [0.15, 0.2) is 56.8 Å². The van der Waals surface area contributed by atoms with Gasteiger partial charge in [0.2, 0.25) is 5.78 Å². The van der Waals surface area contributed by atoms with Gasteiger partial charge in [0.25, 0.3) is 0 Å². The Morgan fingerprint density at radius 1 is 1.19 bits per heavy atom. The number of aromatic amines is 1. The molecule has 0 atom stereocenters. The van der Waals surface area contributed by atoms with E-state index < -0.39 is 0 Å². The Labute approximate surface area is 158 Å². The van der Waals surface area contributed by atoms with Crippen molar-refractivity contribution < 1.29 is 4.42 Å². The number of para-hydroxylation sites is 2. The van der Waals surface area contributed by atoms with Gasteiger partial charge in [-0.15, -0.1) is 5.10 Å². The fourth-order valence-corrected chi connectivity index (χ4v) is 4.27. The van der Waals surface area contributed by atoms with Crippen molar-refractivity contribution in [2.24, 2.45) is 0 Å². The number of nitrogens with zero attached hydrogens (tertiary/aromatic N) is 3. The highest BCUT2D eigenvalue weighted by Gasteiger charge is 2.14. The minimum atomic E-state index is -0.327. The molecule has 7 heteroatoms. The average Bonchev–Trinajstić information content (AvgIpc) is 3.22. The fraction of sp³-hybridized carbons (Fsp3) is 0.150. The summed E-state index contributed by atoms with van der Waals surface area (Å²) in [4.78, 5) is 16.6. The maximum Gasteiger partial charge on any atom is 0.336 e. The molecule has 2 aromatic carbocycles. The molecule has 5 rings (SSSR count). The first-order valence-electron chi connectivity index (χ1n) is 8.59. The number of aromatic nitrogens is 4. The molecule has 0 aliphatic heterocycles. The highest BCUT2D eigenvalue weighted by atomic mass is 32.2. The van der Waals surface area contributed by atoms with Crippen LogP contribution in [0.2, 0.25) is 0 Å². The van der Waals surface area contributed by atoms with Crippen LogP contribution in [0.25, 0.3) is 27.8 Å². The topological polar surface area (TPSA) is 76.2 Å². The number of thioether (sulfide) groups is 1. The van der Waals surface area contributed by atoms with Crippen molar-refractivity contribution in [2.45, 2.75) is 24.8 Å². The van der Waals surface area contributed by atoms with E-state index in [9.17, 15) is 4.79 Å². The summed E-state index contributed by atoms with van der Waals surface area (Å²) in [5.41, 5.74) is 5.31. The van der Waals surface area contributed by atoms with Gasteiger partial charge in [0.05, 0.1) is 11.0 Å². The summed E-state index contributed by atoms with van der Waals surface area (Å²) in [5, 5.41) is 9.15. The molecule has 0 aliphatic rings. The lowest BCUT2D eigenvalue weighted by Gasteiger charge is -2.08. The predicted molar refractivity (Wildman–Crippen MR) is 106 cm³/mol. The number of H-pyrrole nitrogens is 1. The van der Waals surface area contributed by atoms with E-state index in [1.807, 2.05) is 48.6 Å². The minimum Gasteiger partial charge on any atom is -0.422 e. The van der Waals surface area contributed by atoms with E-state index in [2.05, 4.69) is 21.2 Å². The van der Waals surface area contributed by atoms with Gasteiger partial charge in [0, 0.05) is 17.2 Å². The van der Waals surface area contributed by atoms with E-state index in [4.69, 9.17) is 4.42 Å². The van der Waals surface area contributed by atoms with Crippen molar-refractivity contribution in [3.8, 4) is 0 Å². The van der Waals surface area contributed by atoms with Gasteiger partial charge in [-0.25, -0.2) is 14.9 Å². The molecule has 0 spiro atoms. The Morgan fingerprint density at radius 2 is 2.04 bits per heavy atom. The SMILES string of the molecule is Cc1ccc2c(CSc3n[nH]c4nc5ccccc5n34)cc(=O)oc2c1C. The van der Waals surface area contributed by atoms with Crippen LogP contribution in [0.4, 0.5) is 0 Å². The van der Waals surface area contributed by atoms with Crippen molar-refractivity contribution in [3.63, 3.8) is 0 Å². The Morgan fingerprint density at radius 3 is 2.93 bits per heavy atom. The van der Waals surface area contributed by atoms with Gasteiger partial charge in [-0.2, -0.15) is 0 Å². The van der Waals surface area contributed by atoms with Crippen LogP contribution in [0.5, 0.6) is 0 Å². The molecular weight excluding hydrogens is 360 g/mol. The molecule has 3 aromatic heterocycles. The molecule has 5 aromatic rings. The van der Waals surface area contributed by atoms with E-state index in [-0.39, 0.29) is 5.63 Å². The highest BCUT2D eigenvalue weighted by molar-refractivity contribution is 7.98. The third-order valence-corrected chi connectivity index (χ3v) is 5.87. The smallest absolute Gasteiger partial charge is 0.336 e. The number of benzene rings is 2. The maximum absolute atomic E-state index is 12.1. The first kappa shape index (κ1) is 16.1. The van der Waals surface area contributed by atoms with Gasteiger partial charge in [0.1, 0.15) is 5.58 Å². The average molecular weight is 376 g/mol. The Kier molecular flexibility index (Phi) is 3.58. The third kappa shape index (κ3) is 2.54. The van der Waals surface area contributed by atoms with Crippen molar-refractivity contribution >= 4 is 39.5 Å². The van der Waals surface area contributed by atoms with Crippen LogP contribution in [0.3, 0.4) is 0 Å². The summed E-state index contributed by atoms with van der Waals surface area (Å²) in [7, 11) is 0. The second-order valence-electron chi connectivity index (χ2n) is 6.53. The molecule has 0 radical (unpaired) electrons. The maximum atomic E-state index is 12.1. The number of imidazole rings is 1. The molecule has 6 nitrogen and oxygen atoms in total. The molecule has 1 N–H and O–H groups in total. The minimum absolute atomic E-state index is 0.327. The molecule has 0 fully saturated rings. The second-order valence-corrected chi connectivity index (χ2v) is 7.47. The van der Waals surface area contributed by atoms with Gasteiger partial charge >= 0.3 is 5.63 Å². The number of nitrogens with one attached hydrogen (secondary N) is 1. The van der Waals surface area contributed by atoms with Crippen LogP contribution >= 0.6 is 11.8 Å². The lowest BCUT2D eigenvalue weighted by atomic mass is 10.0. The van der Waals surface area contributed by atoms with Crippen molar-refractivity contribution in [1.29, 1.82) is 0 Å². The van der Waals surface area contributed by atoms with Crippen molar-refractivity contribution in [1.82, 2.24) is 19.6 Å².